The summed E-state index contributed by atoms with van der Waals surface area (Å²) in [6.07, 6.45) is 0. The van der Waals surface area contributed by atoms with E-state index in [1.54, 1.807) is 13.2 Å². The van der Waals surface area contributed by atoms with Gasteiger partial charge in [-0.05, 0) is 17.7 Å². The van der Waals surface area contributed by atoms with Crippen LogP contribution in [0.5, 0.6) is 0 Å². The van der Waals surface area contributed by atoms with E-state index in [1.165, 1.54) is 0 Å². The van der Waals surface area contributed by atoms with Crippen molar-refractivity contribution in [3.8, 4) is 0 Å². The van der Waals surface area contributed by atoms with Gasteiger partial charge in [0.25, 0.3) is 0 Å². The SMILES string of the molecule is COCCNCc1ccc(Cl)c(Cl)c1.Cl. The molecule has 86 valence electrons. The zero-order chi connectivity index (χ0) is 10.4. The first kappa shape index (κ1) is 15.0. The first-order chi connectivity index (χ1) is 6.74. The molecule has 0 aliphatic rings. The first-order valence-electron chi connectivity index (χ1n) is 4.37. The van der Waals surface area contributed by atoms with Crippen LogP contribution in [-0.4, -0.2) is 20.3 Å². The highest BCUT2D eigenvalue weighted by Gasteiger charge is 1.98. The Bertz CT molecular complexity index is 294. The topological polar surface area (TPSA) is 21.3 Å². The van der Waals surface area contributed by atoms with E-state index in [-0.39, 0.29) is 12.4 Å². The van der Waals surface area contributed by atoms with Gasteiger partial charge in [-0.1, -0.05) is 29.3 Å². The third-order valence-electron chi connectivity index (χ3n) is 1.80. The van der Waals surface area contributed by atoms with E-state index < -0.39 is 0 Å². The molecule has 0 saturated carbocycles. The molecule has 0 saturated heterocycles. The number of halogens is 3. The van der Waals surface area contributed by atoms with E-state index in [1.807, 2.05) is 12.1 Å². The van der Waals surface area contributed by atoms with Crippen molar-refractivity contribution in [2.75, 3.05) is 20.3 Å². The van der Waals surface area contributed by atoms with Gasteiger partial charge in [0.2, 0.25) is 0 Å². The number of rotatable bonds is 5. The summed E-state index contributed by atoms with van der Waals surface area (Å²) in [6.45, 7) is 2.32. The van der Waals surface area contributed by atoms with Gasteiger partial charge in [0.1, 0.15) is 0 Å². The summed E-state index contributed by atoms with van der Waals surface area (Å²) in [5.41, 5.74) is 1.12. The quantitative estimate of drug-likeness (QED) is 0.830. The minimum Gasteiger partial charge on any atom is -0.383 e. The Hall–Kier alpha value is 0.01000. The summed E-state index contributed by atoms with van der Waals surface area (Å²) < 4.78 is 4.91. The highest BCUT2D eigenvalue weighted by molar-refractivity contribution is 6.42. The summed E-state index contributed by atoms with van der Waals surface area (Å²) in [6, 6.07) is 5.62. The molecule has 0 aliphatic heterocycles. The van der Waals surface area contributed by atoms with Crippen LogP contribution in [0.4, 0.5) is 0 Å². The monoisotopic (exact) mass is 269 g/mol. The van der Waals surface area contributed by atoms with Gasteiger partial charge in [-0.25, -0.2) is 0 Å². The molecule has 1 aromatic rings. The molecule has 0 atom stereocenters. The van der Waals surface area contributed by atoms with Crippen LogP contribution in [0, 0.1) is 0 Å². The molecule has 0 aliphatic carbocycles. The number of ether oxygens (including phenoxy) is 1. The summed E-state index contributed by atoms with van der Waals surface area (Å²) in [7, 11) is 1.68. The summed E-state index contributed by atoms with van der Waals surface area (Å²) >= 11 is 11.7. The fraction of sp³-hybridized carbons (Fsp3) is 0.400. The van der Waals surface area contributed by atoms with Gasteiger partial charge in [0.05, 0.1) is 16.7 Å². The largest absolute Gasteiger partial charge is 0.383 e. The maximum Gasteiger partial charge on any atom is 0.0595 e. The molecule has 0 amide bonds. The molecule has 1 N–H and O–H groups in total. The molecule has 0 fully saturated rings. The van der Waals surface area contributed by atoms with Crippen molar-refractivity contribution < 1.29 is 4.74 Å². The molecule has 5 heteroatoms. The summed E-state index contributed by atoms with van der Waals surface area (Å²) in [4.78, 5) is 0. The molecule has 2 nitrogen and oxygen atoms in total. The Kier molecular flexibility index (Phi) is 8.20. The van der Waals surface area contributed by atoms with Crippen molar-refractivity contribution in [3.63, 3.8) is 0 Å². The van der Waals surface area contributed by atoms with Crippen molar-refractivity contribution in [3.05, 3.63) is 33.8 Å². The van der Waals surface area contributed by atoms with Crippen LogP contribution >= 0.6 is 35.6 Å². The lowest BCUT2D eigenvalue weighted by Crippen LogP contribution is -2.18. The lowest BCUT2D eigenvalue weighted by molar-refractivity contribution is 0.199. The predicted molar refractivity (Wildman–Crippen MR) is 67.3 cm³/mol. The number of nitrogens with one attached hydrogen (secondary N) is 1. The minimum absolute atomic E-state index is 0. The molecular weight excluding hydrogens is 256 g/mol. The van der Waals surface area contributed by atoms with Gasteiger partial charge in [0.15, 0.2) is 0 Å². The summed E-state index contributed by atoms with van der Waals surface area (Å²) in [5.74, 6) is 0. The van der Waals surface area contributed by atoms with Crippen molar-refractivity contribution in [1.82, 2.24) is 5.32 Å². The van der Waals surface area contributed by atoms with Gasteiger partial charge in [-0.15, -0.1) is 12.4 Å². The van der Waals surface area contributed by atoms with Crippen LogP contribution in [0.1, 0.15) is 5.56 Å². The lowest BCUT2D eigenvalue weighted by Gasteiger charge is -2.05. The Morgan fingerprint density at radius 1 is 1.27 bits per heavy atom. The van der Waals surface area contributed by atoms with Crippen LogP contribution in [0.15, 0.2) is 18.2 Å². The molecule has 15 heavy (non-hydrogen) atoms. The molecule has 1 rings (SSSR count). The number of benzene rings is 1. The third-order valence-corrected chi connectivity index (χ3v) is 2.54. The minimum atomic E-state index is 0. The lowest BCUT2D eigenvalue weighted by atomic mass is 10.2. The van der Waals surface area contributed by atoms with E-state index in [0.29, 0.717) is 16.7 Å². The highest BCUT2D eigenvalue weighted by Crippen LogP contribution is 2.22. The van der Waals surface area contributed by atoms with Crippen LogP contribution in [-0.2, 0) is 11.3 Å². The zero-order valence-electron chi connectivity index (χ0n) is 8.43. The fourth-order valence-electron chi connectivity index (χ4n) is 1.06. The summed E-state index contributed by atoms with van der Waals surface area (Å²) in [5, 5.41) is 4.41. The van der Waals surface area contributed by atoms with Gasteiger partial charge in [-0.3, -0.25) is 0 Å². The molecule has 0 radical (unpaired) electrons. The van der Waals surface area contributed by atoms with Gasteiger partial charge < -0.3 is 10.1 Å². The van der Waals surface area contributed by atoms with Crippen LogP contribution in [0.2, 0.25) is 10.0 Å². The average Bonchev–Trinajstić information content (AvgIpc) is 2.18. The van der Waals surface area contributed by atoms with Crippen molar-refractivity contribution >= 4 is 35.6 Å². The Balaban J connectivity index is 0.00000196. The van der Waals surface area contributed by atoms with E-state index in [4.69, 9.17) is 27.9 Å². The van der Waals surface area contributed by atoms with Crippen LogP contribution in [0.25, 0.3) is 0 Å². The molecule has 0 aromatic heterocycles. The predicted octanol–water partition coefficient (Wildman–Crippen LogP) is 3.15. The standard InChI is InChI=1S/C10H13Cl2NO.ClH/c1-14-5-4-13-7-8-2-3-9(11)10(12)6-8;/h2-3,6,13H,4-5,7H2,1H3;1H. The maximum absolute atomic E-state index is 5.87. The molecule has 0 spiro atoms. The van der Waals surface area contributed by atoms with E-state index >= 15 is 0 Å². The molecule has 0 bridgehead atoms. The van der Waals surface area contributed by atoms with Crippen LogP contribution in [0.3, 0.4) is 0 Å². The van der Waals surface area contributed by atoms with Crippen LogP contribution < -0.4 is 5.32 Å². The van der Waals surface area contributed by atoms with Crippen molar-refractivity contribution in [2.24, 2.45) is 0 Å². The van der Waals surface area contributed by atoms with Crippen molar-refractivity contribution in [1.29, 1.82) is 0 Å². The van der Waals surface area contributed by atoms with E-state index in [2.05, 4.69) is 5.32 Å². The second-order valence-electron chi connectivity index (χ2n) is 2.92. The normalized spacial score (nSPS) is 9.80. The fourth-order valence-corrected chi connectivity index (χ4v) is 1.38. The number of hydrogen-bond donors (Lipinski definition) is 1. The number of methoxy groups -OCH3 is 1. The van der Waals surface area contributed by atoms with E-state index in [0.717, 1.165) is 18.7 Å². The van der Waals surface area contributed by atoms with Gasteiger partial charge >= 0.3 is 0 Å². The Morgan fingerprint density at radius 3 is 2.60 bits per heavy atom. The third kappa shape index (κ3) is 5.59. The van der Waals surface area contributed by atoms with Gasteiger partial charge in [0, 0.05) is 20.2 Å². The highest BCUT2D eigenvalue weighted by atomic mass is 35.5. The van der Waals surface area contributed by atoms with E-state index in [9.17, 15) is 0 Å². The Morgan fingerprint density at radius 2 is 2.00 bits per heavy atom. The second kappa shape index (κ2) is 8.20. The van der Waals surface area contributed by atoms with Crippen molar-refractivity contribution in [2.45, 2.75) is 6.54 Å². The van der Waals surface area contributed by atoms with Gasteiger partial charge in [-0.2, -0.15) is 0 Å². The smallest absolute Gasteiger partial charge is 0.0595 e. The second-order valence-corrected chi connectivity index (χ2v) is 3.73. The molecular formula is C10H14Cl3NO. The number of hydrogen-bond acceptors (Lipinski definition) is 2. The Labute approximate surface area is 106 Å². The zero-order valence-corrected chi connectivity index (χ0v) is 10.8. The average molecular weight is 271 g/mol. The molecule has 1 aromatic carbocycles. The maximum atomic E-state index is 5.87. The first-order valence-corrected chi connectivity index (χ1v) is 5.13. The molecule has 0 heterocycles. The molecule has 0 unspecified atom stereocenters.